The molecule has 0 bridgehead atoms. The zero-order valence-electron chi connectivity index (χ0n) is 14.1. The Bertz CT molecular complexity index is 655. The van der Waals surface area contributed by atoms with Crippen LogP contribution in [0.5, 0.6) is 0 Å². The number of carboxylic acids is 2. The van der Waals surface area contributed by atoms with Crippen LogP contribution in [0.15, 0.2) is 12.2 Å². The van der Waals surface area contributed by atoms with Gasteiger partial charge in [-0.3, -0.25) is 14.4 Å². The monoisotopic (exact) mass is 387 g/mol. The summed E-state index contributed by atoms with van der Waals surface area (Å²) >= 11 is 1.26. The number of aliphatic carboxylic acids is 2. The van der Waals surface area contributed by atoms with E-state index in [9.17, 15) is 24.3 Å². The van der Waals surface area contributed by atoms with Gasteiger partial charge >= 0.3 is 11.9 Å². The number of amides is 2. The smallest absolute Gasteiger partial charge is 0.330 e. The number of fused-ring (bicyclic) bond motifs is 1. The van der Waals surface area contributed by atoms with Gasteiger partial charge in [0.2, 0.25) is 5.91 Å². The third-order valence-corrected chi connectivity index (χ3v) is 5.77. The summed E-state index contributed by atoms with van der Waals surface area (Å²) in [6.07, 6.45) is 0.303. The van der Waals surface area contributed by atoms with Crippen LogP contribution in [0, 0.1) is 0 Å². The molecule has 10 nitrogen and oxygen atoms in total. The second-order valence-electron chi connectivity index (χ2n) is 6.10. The fraction of sp³-hybridized carbons (Fsp3) is 0.600. The molecule has 0 spiro atoms. The van der Waals surface area contributed by atoms with Gasteiger partial charge < -0.3 is 30.9 Å². The quantitative estimate of drug-likeness (QED) is 0.231. The maximum absolute atomic E-state index is 12.6. The normalized spacial score (nSPS) is 28.8. The highest BCUT2D eigenvalue weighted by Gasteiger charge is 2.67. The molecule has 144 valence electrons. The lowest BCUT2D eigenvalue weighted by atomic mass is 9.94. The predicted molar refractivity (Wildman–Crippen MR) is 91.0 cm³/mol. The fourth-order valence-electron chi connectivity index (χ4n) is 2.97. The van der Waals surface area contributed by atoms with E-state index in [1.165, 1.54) is 18.9 Å². The van der Waals surface area contributed by atoms with Gasteiger partial charge in [0, 0.05) is 19.3 Å². The Morgan fingerprint density at radius 2 is 2.15 bits per heavy atom. The van der Waals surface area contributed by atoms with Gasteiger partial charge in [0.15, 0.2) is 6.04 Å². The summed E-state index contributed by atoms with van der Waals surface area (Å²) in [6.45, 7) is 3.69. The van der Waals surface area contributed by atoms with Gasteiger partial charge in [0.1, 0.15) is 11.4 Å². The van der Waals surface area contributed by atoms with Gasteiger partial charge in [0.25, 0.3) is 11.6 Å². The van der Waals surface area contributed by atoms with Crippen molar-refractivity contribution in [1.29, 1.82) is 0 Å². The molecule has 2 saturated heterocycles. The molecule has 0 saturated carbocycles. The number of rotatable bonds is 8. The van der Waals surface area contributed by atoms with Crippen molar-refractivity contribution >= 4 is 35.5 Å². The SMILES string of the molecule is C=C1CS[C@@H]2N(C(=O)C2(NC(=O)CCCC(N)C(=O)O)OC)C1C(=O)O. The van der Waals surface area contributed by atoms with Crippen LogP contribution < -0.4 is 11.1 Å². The summed E-state index contributed by atoms with van der Waals surface area (Å²) in [6, 6.07) is -2.21. The van der Waals surface area contributed by atoms with E-state index in [4.69, 9.17) is 15.6 Å². The van der Waals surface area contributed by atoms with Gasteiger partial charge in [-0.2, -0.15) is 0 Å². The van der Waals surface area contributed by atoms with Crippen molar-refractivity contribution in [2.75, 3.05) is 12.9 Å². The molecular formula is C15H21N3O7S. The molecule has 0 aliphatic carbocycles. The number of thioether (sulfide) groups is 1. The number of nitrogens with two attached hydrogens (primary N) is 1. The van der Waals surface area contributed by atoms with Crippen molar-refractivity contribution in [2.24, 2.45) is 5.73 Å². The molecule has 0 radical (unpaired) electrons. The van der Waals surface area contributed by atoms with Crippen LogP contribution in [0.1, 0.15) is 19.3 Å². The molecule has 26 heavy (non-hydrogen) atoms. The lowest BCUT2D eigenvalue weighted by Gasteiger charge is -2.58. The second-order valence-corrected chi connectivity index (χ2v) is 7.17. The van der Waals surface area contributed by atoms with Crippen molar-refractivity contribution in [3.63, 3.8) is 0 Å². The van der Waals surface area contributed by atoms with Gasteiger partial charge in [-0.15, -0.1) is 11.8 Å². The number of carboxylic acid groups (broad SMARTS) is 2. The Kier molecular flexibility index (Phi) is 5.94. The molecule has 2 aliphatic heterocycles. The third kappa shape index (κ3) is 3.41. The Morgan fingerprint density at radius 1 is 1.50 bits per heavy atom. The molecule has 0 aromatic heterocycles. The number of β-lactam (4-membered cyclic amide) rings is 1. The minimum absolute atomic E-state index is 0.0359. The van der Waals surface area contributed by atoms with Crippen LogP contribution in [0.25, 0.3) is 0 Å². The molecule has 0 aromatic rings. The highest BCUT2D eigenvalue weighted by atomic mass is 32.2. The van der Waals surface area contributed by atoms with Crippen LogP contribution in [0.3, 0.4) is 0 Å². The number of nitrogens with zero attached hydrogens (tertiary/aromatic N) is 1. The Labute approximate surface area is 153 Å². The molecule has 2 fully saturated rings. The van der Waals surface area contributed by atoms with E-state index in [-0.39, 0.29) is 19.3 Å². The van der Waals surface area contributed by atoms with Crippen LogP contribution >= 0.6 is 11.8 Å². The molecule has 5 N–H and O–H groups in total. The Morgan fingerprint density at radius 3 is 2.69 bits per heavy atom. The molecule has 2 heterocycles. The lowest BCUT2D eigenvalue weighted by Crippen LogP contribution is -2.83. The zero-order valence-corrected chi connectivity index (χ0v) is 15.0. The second kappa shape index (κ2) is 7.64. The largest absolute Gasteiger partial charge is 0.480 e. The van der Waals surface area contributed by atoms with E-state index >= 15 is 0 Å². The number of hydrogen-bond donors (Lipinski definition) is 4. The van der Waals surface area contributed by atoms with E-state index in [1.54, 1.807) is 0 Å². The minimum atomic E-state index is -1.63. The summed E-state index contributed by atoms with van der Waals surface area (Å²) in [5.74, 6) is -3.18. The van der Waals surface area contributed by atoms with Gasteiger partial charge in [0.05, 0.1) is 0 Å². The summed E-state index contributed by atoms with van der Waals surface area (Å²) in [4.78, 5) is 48.0. The molecule has 2 aliphatic rings. The van der Waals surface area contributed by atoms with Gasteiger partial charge in [-0.1, -0.05) is 6.58 Å². The first-order valence-electron chi connectivity index (χ1n) is 7.85. The van der Waals surface area contributed by atoms with Crippen molar-refractivity contribution in [3.8, 4) is 0 Å². The van der Waals surface area contributed by atoms with Gasteiger partial charge in [-0.25, -0.2) is 4.79 Å². The van der Waals surface area contributed by atoms with E-state index in [1.807, 2.05) is 0 Å². The van der Waals surface area contributed by atoms with Crippen molar-refractivity contribution in [1.82, 2.24) is 10.2 Å². The maximum atomic E-state index is 12.6. The molecule has 3 unspecified atom stereocenters. The first kappa shape index (κ1) is 20.2. The number of carbonyl (C=O) groups excluding carboxylic acids is 2. The van der Waals surface area contributed by atoms with Gasteiger partial charge in [-0.05, 0) is 18.4 Å². The predicted octanol–water partition coefficient (Wildman–Crippen LogP) is -1.05. The van der Waals surface area contributed by atoms with Crippen molar-refractivity contribution in [3.05, 3.63) is 12.2 Å². The highest BCUT2D eigenvalue weighted by molar-refractivity contribution is 8.00. The average Bonchev–Trinajstić information content (AvgIpc) is 2.58. The summed E-state index contributed by atoms with van der Waals surface area (Å²) in [5.41, 5.74) is 4.14. The number of ether oxygens (including phenoxy) is 1. The molecule has 2 amide bonds. The molecule has 0 aromatic carbocycles. The summed E-state index contributed by atoms with van der Waals surface area (Å²) in [7, 11) is 1.26. The molecule has 11 heteroatoms. The highest BCUT2D eigenvalue weighted by Crippen LogP contribution is 2.46. The van der Waals surface area contributed by atoms with Crippen LogP contribution in [0.4, 0.5) is 0 Å². The first-order valence-corrected chi connectivity index (χ1v) is 8.90. The summed E-state index contributed by atoms with van der Waals surface area (Å²) in [5, 5.41) is 19.9. The van der Waals surface area contributed by atoms with E-state index in [0.717, 1.165) is 4.90 Å². The first-order chi connectivity index (χ1) is 12.2. The summed E-state index contributed by atoms with van der Waals surface area (Å²) < 4.78 is 5.27. The average molecular weight is 387 g/mol. The minimum Gasteiger partial charge on any atom is -0.480 e. The molecule has 4 atom stereocenters. The number of methoxy groups -OCH3 is 1. The lowest BCUT2D eigenvalue weighted by molar-refractivity contribution is -0.202. The van der Waals surface area contributed by atoms with Crippen LogP contribution in [0.2, 0.25) is 0 Å². The van der Waals surface area contributed by atoms with Crippen LogP contribution in [-0.4, -0.2) is 74.9 Å². The molecule has 2 rings (SSSR count). The van der Waals surface area contributed by atoms with Crippen molar-refractivity contribution in [2.45, 2.75) is 42.4 Å². The fourth-order valence-corrected chi connectivity index (χ4v) is 4.37. The number of carbonyl (C=O) groups is 4. The standard InChI is InChI=1S/C15H21N3O7S/c1-7-6-26-14-15(25-2,13(24)18(14)10(7)12(22)23)17-9(19)5-3-4-8(16)11(20)21/h8,10,14H,1,3-6,16H2,2H3,(H,17,19)(H,20,21)(H,22,23)/t8?,10?,14-,15?/m0/s1. The van der Waals surface area contributed by atoms with E-state index < -0.39 is 46.9 Å². The molecular weight excluding hydrogens is 366 g/mol. The van der Waals surface area contributed by atoms with E-state index in [2.05, 4.69) is 11.9 Å². The zero-order chi connectivity index (χ0) is 19.6. The number of nitrogens with one attached hydrogen (secondary N) is 1. The Balaban J connectivity index is 2.02. The Hall–Kier alpha value is -2.11. The van der Waals surface area contributed by atoms with Crippen molar-refractivity contribution < 1.29 is 34.1 Å². The maximum Gasteiger partial charge on any atom is 0.330 e. The third-order valence-electron chi connectivity index (χ3n) is 4.36. The van der Waals surface area contributed by atoms with Crippen LogP contribution in [-0.2, 0) is 23.9 Å². The van der Waals surface area contributed by atoms with E-state index in [0.29, 0.717) is 11.3 Å². The topological polar surface area (TPSA) is 159 Å². The number of hydrogen-bond acceptors (Lipinski definition) is 7.